The van der Waals surface area contributed by atoms with Crippen LogP contribution >= 0.6 is 0 Å². The normalized spacial score (nSPS) is 21.3. The highest BCUT2D eigenvalue weighted by Crippen LogP contribution is 2.08. The molecule has 0 aromatic heterocycles. The minimum Gasteiger partial charge on any atom is -0.388 e. The van der Waals surface area contributed by atoms with Crippen LogP contribution < -0.4 is 5.73 Å². The predicted molar refractivity (Wildman–Crippen MR) is 51.2 cm³/mol. The van der Waals surface area contributed by atoms with Crippen molar-refractivity contribution in [1.82, 2.24) is 0 Å². The van der Waals surface area contributed by atoms with Crippen LogP contribution in [0.25, 0.3) is 0 Å². The van der Waals surface area contributed by atoms with Crippen molar-refractivity contribution in [3.63, 3.8) is 0 Å². The molecule has 1 saturated heterocycles. The van der Waals surface area contributed by atoms with E-state index >= 15 is 0 Å². The highest BCUT2D eigenvalue weighted by molar-refractivity contribution is 5.73. The number of aliphatic hydroxyl groups excluding tert-OH is 1. The molecular weight excluding hydrogens is 202 g/mol. The zero-order valence-electron chi connectivity index (χ0n) is 8.55. The van der Waals surface area contributed by atoms with Gasteiger partial charge in [0.15, 0.2) is 0 Å². The minimum atomic E-state index is -0.670. The van der Waals surface area contributed by atoms with Gasteiger partial charge in [-0.1, -0.05) is 0 Å². The lowest BCUT2D eigenvalue weighted by Gasteiger charge is -2.10. The third-order valence-electron chi connectivity index (χ3n) is 1.82. The summed E-state index contributed by atoms with van der Waals surface area (Å²) in [4.78, 5) is 10.3. The smallest absolute Gasteiger partial charge is 0.219 e. The van der Waals surface area contributed by atoms with E-state index in [-0.39, 0.29) is 32.3 Å². The lowest BCUT2D eigenvalue weighted by atomic mass is 10.4. The Labute approximate surface area is 88.3 Å². The molecule has 0 bridgehead atoms. The first-order valence-corrected chi connectivity index (χ1v) is 4.92. The number of hydrogen-bond donors (Lipinski definition) is 2. The molecule has 2 atom stereocenters. The summed E-state index contributed by atoms with van der Waals surface area (Å²) in [5.41, 5.74) is 4.91. The maximum atomic E-state index is 10.3. The van der Waals surface area contributed by atoms with Crippen LogP contribution in [0.3, 0.4) is 0 Å². The molecule has 0 radical (unpaired) electrons. The third-order valence-corrected chi connectivity index (χ3v) is 1.82. The van der Waals surface area contributed by atoms with Crippen LogP contribution in [0.4, 0.5) is 0 Å². The monoisotopic (exact) mass is 219 g/mol. The lowest BCUT2D eigenvalue weighted by Crippen LogP contribution is -2.24. The molecule has 3 N–H and O–H groups in total. The number of ether oxygens (including phenoxy) is 3. The topological polar surface area (TPSA) is 94.3 Å². The van der Waals surface area contributed by atoms with Crippen molar-refractivity contribution >= 4 is 5.91 Å². The summed E-state index contributed by atoms with van der Waals surface area (Å²) in [6.07, 6.45) is -0.298. The standard InChI is InChI=1S/C9H17NO5/c10-9(12)1-2-13-3-7(11)4-14-5-8-6-15-8/h7-8,11H,1-6H2,(H2,10,12). The van der Waals surface area contributed by atoms with E-state index in [1.807, 2.05) is 0 Å². The molecule has 1 rings (SSSR count). The van der Waals surface area contributed by atoms with Gasteiger partial charge in [0.05, 0.1) is 33.0 Å². The van der Waals surface area contributed by atoms with Gasteiger partial charge in [-0.25, -0.2) is 0 Å². The van der Waals surface area contributed by atoms with Gasteiger partial charge in [0.1, 0.15) is 12.2 Å². The van der Waals surface area contributed by atoms with Gasteiger partial charge >= 0.3 is 0 Å². The number of carbonyl (C=O) groups is 1. The minimum absolute atomic E-state index is 0.152. The molecule has 1 fully saturated rings. The highest BCUT2D eigenvalue weighted by Gasteiger charge is 2.22. The lowest BCUT2D eigenvalue weighted by molar-refractivity contribution is -0.119. The fourth-order valence-corrected chi connectivity index (χ4v) is 0.940. The van der Waals surface area contributed by atoms with E-state index in [4.69, 9.17) is 19.9 Å². The molecule has 6 heteroatoms. The van der Waals surface area contributed by atoms with Gasteiger partial charge < -0.3 is 25.1 Å². The largest absolute Gasteiger partial charge is 0.388 e. The fourth-order valence-electron chi connectivity index (χ4n) is 0.940. The van der Waals surface area contributed by atoms with Crippen molar-refractivity contribution < 1.29 is 24.1 Å². The quantitative estimate of drug-likeness (QED) is 0.369. The summed E-state index contributed by atoms with van der Waals surface area (Å²) in [6, 6.07) is 0. The van der Waals surface area contributed by atoms with Gasteiger partial charge in [-0.05, 0) is 0 Å². The van der Waals surface area contributed by atoms with Crippen molar-refractivity contribution in [2.45, 2.75) is 18.6 Å². The second-order valence-corrected chi connectivity index (χ2v) is 3.44. The van der Waals surface area contributed by atoms with Crippen molar-refractivity contribution in [1.29, 1.82) is 0 Å². The first-order chi connectivity index (χ1) is 7.18. The number of primary amides is 1. The fraction of sp³-hybridized carbons (Fsp3) is 0.889. The van der Waals surface area contributed by atoms with Crippen LogP contribution in [0.15, 0.2) is 0 Å². The summed E-state index contributed by atoms with van der Waals surface area (Å²) in [5.74, 6) is -0.411. The van der Waals surface area contributed by atoms with E-state index in [9.17, 15) is 9.90 Å². The molecule has 1 heterocycles. The van der Waals surface area contributed by atoms with Crippen LogP contribution in [-0.4, -0.2) is 56.3 Å². The number of aliphatic hydroxyl groups is 1. The second-order valence-electron chi connectivity index (χ2n) is 3.44. The summed E-state index contributed by atoms with van der Waals surface area (Å²) in [7, 11) is 0. The average Bonchev–Trinajstić information content (AvgIpc) is 2.96. The number of rotatable bonds is 9. The van der Waals surface area contributed by atoms with E-state index in [1.165, 1.54) is 0 Å². The molecule has 2 unspecified atom stereocenters. The van der Waals surface area contributed by atoms with Gasteiger partial charge in [0, 0.05) is 6.42 Å². The van der Waals surface area contributed by atoms with Crippen molar-refractivity contribution in [3.05, 3.63) is 0 Å². The Morgan fingerprint density at radius 2 is 2.20 bits per heavy atom. The molecule has 1 aliphatic heterocycles. The van der Waals surface area contributed by atoms with E-state index < -0.39 is 12.0 Å². The van der Waals surface area contributed by atoms with Gasteiger partial charge in [0.2, 0.25) is 5.91 Å². The second kappa shape index (κ2) is 6.73. The van der Waals surface area contributed by atoms with Crippen LogP contribution in [0, 0.1) is 0 Å². The Kier molecular flexibility index (Phi) is 5.56. The summed E-state index contributed by atoms with van der Waals surface area (Å²) >= 11 is 0. The molecular formula is C9H17NO5. The number of hydrogen-bond acceptors (Lipinski definition) is 5. The average molecular weight is 219 g/mol. The van der Waals surface area contributed by atoms with Gasteiger partial charge in [-0.3, -0.25) is 4.79 Å². The Balaban J connectivity index is 1.83. The zero-order chi connectivity index (χ0) is 11.1. The predicted octanol–water partition coefficient (Wildman–Crippen LogP) is -1.35. The molecule has 15 heavy (non-hydrogen) atoms. The number of epoxide rings is 1. The first kappa shape index (κ1) is 12.4. The van der Waals surface area contributed by atoms with Crippen molar-refractivity contribution in [2.75, 3.05) is 33.0 Å². The molecule has 0 aromatic carbocycles. The summed E-state index contributed by atoms with van der Waals surface area (Å²) < 4.78 is 15.1. The maximum absolute atomic E-state index is 10.3. The Hall–Kier alpha value is -0.690. The Morgan fingerprint density at radius 3 is 2.80 bits per heavy atom. The number of carbonyl (C=O) groups excluding carboxylic acids is 1. The van der Waals surface area contributed by atoms with E-state index in [2.05, 4.69) is 0 Å². The first-order valence-electron chi connectivity index (χ1n) is 4.92. The third kappa shape index (κ3) is 7.26. The van der Waals surface area contributed by atoms with Gasteiger partial charge in [0.25, 0.3) is 0 Å². The van der Waals surface area contributed by atoms with E-state index in [0.29, 0.717) is 6.61 Å². The number of nitrogens with two attached hydrogens (primary N) is 1. The molecule has 0 spiro atoms. The molecule has 6 nitrogen and oxygen atoms in total. The van der Waals surface area contributed by atoms with Crippen LogP contribution in [0.2, 0.25) is 0 Å². The Morgan fingerprint density at radius 1 is 1.53 bits per heavy atom. The molecule has 0 saturated carbocycles. The molecule has 1 amide bonds. The van der Waals surface area contributed by atoms with Crippen LogP contribution in [0.1, 0.15) is 6.42 Å². The molecule has 88 valence electrons. The number of amides is 1. The van der Waals surface area contributed by atoms with Gasteiger partial charge in [-0.15, -0.1) is 0 Å². The maximum Gasteiger partial charge on any atom is 0.219 e. The summed E-state index contributed by atoms with van der Waals surface area (Å²) in [6.45, 7) is 1.86. The highest BCUT2D eigenvalue weighted by atomic mass is 16.6. The Bertz CT molecular complexity index is 195. The van der Waals surface area contributed by atoms with E-state index in [0.717, 1.165) is 6.61 Å². The molecule has 0 aliphatic carbocycles. The van der Waals surface area contributed by atoms with Crippen molar-refractivity contribution in [3.8, 4) is 0 Å². The van der Waals surface area contributed by atoms with Crippen molar-refractivity contribution in [2.24, 2.45) is 5.73 Å². The molecule has 0 aromatic rings. The van der Waals surface area contributed by atoms with Gasteiger partial charge in [-0.2, -0.15) is 0 Å². The SMILES string of the molecule is NC(=O)CCOCC(O)COCC1CO1. The van der Waals surface area contributed by atoms with E-state index in [1.54, 1.807) is 0 Å². The zero-order valence-corrected chi connectivity index (χ0v) is 8.55. The molecule has 1 aliphatic rings. The summed E-state index contributed by atoms with van der Waals surface area (Å²) in [5, 5.41) is 9.34. The van der Waals surface area contributed by atoms with Crippen LogP contribution in [-0.2, 0) is 19.0 Å². The van der Waals surface area contributed by atoms with Crippen LogP contribution in [0.5, 0.6) is 0 Å².